The molecule has 0 aliphatic carbocycles. The molecule has 2 aromatic rings. The maximum atomic E-state index is 5.51. The molecule has 0 amide bonds. The zero-order valence-corrected chi connectivity index (χ0v) is 12.2. The van der Waals surface area contributed by atoms with Gasteiger partial charge in [-0.25, -0.2) is 4.98 Å². The van der Waals surface area contributed by atoms with Crippen LogP contribution in [-0.2, 0) is 6.54 Å². The second kappa shape index (κ2) is 5.44. The summed E-state index contributed by atoms with van der Waals surface area (Å²) in [5.74, 6) is 2.34. The molecule has 0 atom stereocenters. The highest BCUT2D eigenvalue weighted by molar-refractivity contribution is 9.10. The number of ether oxygens (including phenoxy) is 1. The monoisotopic (exact) mass is 310 g/mol. The van der Waals surface area contributed by atoms with Gasteiger partial charge in [-0.05, 0) is 41.9 Å². The highest BCUT2D eigenvalue weighted by Gasteiger charge is 2.07. The predicted molar refractivity (Wildman–Crippen MR) is 74.0 cm³/mol. The van der Waals surface area contributed by atoms with E-state index in [-0.39, 0.29) is 0 Å². The van der Waals surface area contributed by atoms with Crippen LogP contribution in [-0.4, -0.2) is 12.1 Å². The SMILES string of the molecule is COc1ccc(Br)c(NCc2nc(C)c(C)o2)c1. The van der Waals surface area contributed by atoms with Crippen LogP contribution in [0.5, 0.6) is 5.75 Å². The van der Waals surface area contributed by atoms with Gasteiger partial charge in [0.15, 0.2) is 0 Å². The Morgan fingerprint density at radius 1 is 1.39 bits per heavy atom. The number of nitrogens with one attached hydrogen (secondary N) is 1. The Morgan fingerprint density at radius 3 is 2.78 bits per heavy atom. The molecule has 1 aromatic heterocycles. The number of aromatic nitrogens is 1. The number of oxazole rings is 1. The normalized spacial score (nSPS) is 10.4. The van der Waals surface area contributed by atoms with E-state index in [0.29, 0.717) is 12.4 Å². The van der Waals surface area contributed by atoms with Crippen molar-refractivity contribution in [2.24, 2.45) is 0 Å². The van der Waals surface area contributed by atoms with Crippen LogP contribution in [0.15, 0.2) is 27.1 Å². The van der Waals surface area contributed by atoms with Crippen molar-refractivity contribution >= 4 is 21.6 Å². The predicted octanol–water partition coefficient (Wildman–Crippen LogP) is 3.67. The summed E-state index contributed by atoms with van der Waals surface area (Å²) in [6, 6.07) is 5.76. The lowest BCUT2D eigenvalue weighted by Gasteiger charge is -2.08. The van der Waals surface area contributed by atoms with E-state index in [2.05, 4.69) is 26.2 Å². The molecule has 1 heterocycles. The molecule has 96 valence electrons. The molecule has 0 aliphatic rings. The van der Waals surface area contributed by atoms with E-state index >= 15 is 0 Å². The van der Waals surface area contributed by atoms with Crippen LogP contribution in [0.2, 0.25) is 0 Å². The Kier molecular flexibility index (Phi) is 3.91. The van der Waals surface area contributed by atoms with Crippen LogP contribution in [0.3, 0.4) is 0 Å². The minimum Gasteiger partial charge on any atom is -0.497 e. The highest BCUT2D eigenvalue weighted by atomic mass is 79.9. The van der Waals surface area contributed by atoms with Gasteiger partial charge in [0.05, 0.1) is 25.0 Å². The molecule has 5 heteroatoms. The smallest absolute Gasteiger partial charge is 0.213 e. The number of aryl methyl sites for hydroxylation is 2. The number of hydrogen-bond donors (Lipinski definition) is 1. The summed E-state index contributed by atoms with van der Waals surface area (Å²) in [4.78, 5) is 4.32. The van der Waals surface area contributed by atoms with E-state index in [0.717, 1.165) is 27.4 Å². The number of methoxy groups -OCH3 is 1. The van der Waals surface area contributed by atoms with Gasteiger partial charge in [0.2, 0.25) is 5.89 Å². The molecule has 0 radical (unpaired) electrons. The summed E-state index contributed by atoms with van der Waals surface area (Å²) >= 11 is 3.48. The molecular weight excluding hydrogens is 296 g/mol. The molecule has 1 N–H and O–H groups in total. The maximum Gasteiger partial charge on any atom is 0.213 e. The lowest BCUT2D eigenvalue weighted by atomic mass is 10.3. The van der Waals surface area contributed by atoms with Crippen molar-refractivity contribution in [1.82, 2.24) is 4.98 Å². The lowest BCUT2D eigenvalue weighted by molar-refractivity contribution is 0.415. The van der Waals surface area contributed by atoms with E-state index in [1.54, 1.807) is 7.11 Å². The molecule has 0 unspecified atom stereocenters. The van der Waals surface area contributed by atoms with Gasteiger partial charge in [0, 0.05) is 10.5 Å². The number of benzene rings is 1. The third kappa shape index (κ3) is 2.85. The van der Waals surface area contributed by atoms with Gasteiger partial charge in [0.25, 0.3) is 0 Å². The third-order valence-electron chi connectivity index (χ3n) is 2.68. The van der Waals surface area contributed by atoms with E-state index in [4.69, 9.17) is 9.15 Å². The zero-order valence-electron chi connectivity index (χ0n) is 10.6. The van der Waals surface area contributed by atoms with Gasteiger partial charge in [-0.2, -0.15) is 0 Å². The average Bonchev–Trinajstić information content (AvgIpc) is 2.68. The molecule has 4 nitrogen and oxygen atoms in total. The molecule has 18 heavy (non-hydrogen) atoms. The van der Waals surface area contributed by atoms with Crippen LogP contribution in [0.25, 0.3) is 0 Å². The summed E-state index contributed by atoms with van der Waals surface area (Å²) in [7, 11) is 1.65. The van der Waals surface area contributed by atoms with E-state index in [1.165, 1.54) is 0 Å². The molecule has 0 saturated carbocycles. The summed E-state index contributed by atoms with van der Waals surface area (Å²) in [5, 5.41) is 3.26. The molecule has 0 aliphatic heterocycles. The first-order valence-corrected chi connectivity index (χ1v) is 6.39. The minimum absolute atomic E-state index is 0.542. The standard InChI is InChI=1S/C13H15BrN2O2/c1-8-9(2)18-13(16-8)7-15-12-6-10(17-3)4-5-11(12)14/h4-6,15H,7H2,1-3H3. The Balaban J connectivity index is 2.10. The largest absolute Gasteiger partial charge is 0.497 e. The number of hydrogen-bond acceptors (Lipinski definition) is 4. The van der Waals surface area contributed by atoms with Crippen molar-refractivity contribution in [3.05, 3.63) is 40.0 Å². The Hall–Kier alpha value is -1.49. The second-order valence-corrected chi connectivity index (χ2v) is 4.80. The van der Waals surface area contributed by atoms with Crippen molar-refractivity contribution in [3.63, 3.8) is 0 Å². The summed E-state index contributed by atoms with van der Waals surface area (Å²) in [6.07, 6.45) is 0. The molecule has 0 fully saturated rings. The fourth-order valence-corrected chi connectivity index (χ4v) is 1.94. The van der Waals surface area contributed by atoms with Crippen LogP contribution < -0.4 is 10.1 Å². The molecular formula is C13H15BrN2O2. The topological polar surface area (TPSA) is 47.3 Å². The summed E-state index contributed by atoms with van der Waals surface area (Å²) in [5.41, 5.74) is 1.87. The van der Waals surface area contributed by atoms with Crippen molar-refractivity contribution in [2.45, 2.75) is 20.4 Å². The molecule has 0 saturated heterocycles. The van der Waals surface area contributed by atoms with Crippen molar-refractivity contribution in [3.8, 4) is 5.75 Å². The van der Waals surface area contributed by atoms with Gasteiger partial charge >= 0.3 is 0 Å². The first kappa shape index (κ1) is 13.0. The maximum absolute atomic E-state index is 5.51. The molecule has 0 bridgehead atoms. The van der Waals surface area contributed by atoms with Gasteiger partial charge in [-0.3, -0.25) is 0 Å². The second-order valence-electron chi connectivity index (χ2n) is 3.95. The van der Waals surface area contributed by atoms with Crippen LogP contribution >= 0.6 is 15.9 Å². The molecule has 2 rings (SSSR count). The average molecular weight is 311 g/mol. The van der Waals surface area contributed by atoms with Crippen LogP contribution in [0.1, 0.15) is 17.3 Å². The first-order chi connectivity index (χ1) is 8.60. The van der Waals surface area contributed by atoms with Crippen molar-refractivity contribution in [1.29, 1.82) is 0 Å². The third-order valence-corrected chi connectivity index (χ3v) is 3.37. The van der Waals surface area contributed by atoms with Crippen LogP contribution in [0.4, 0.5) is 5.69 Å². The van der Waals surface area contributed by atoms with E-state index in [1.807, 2.05) is 32.0 Å². The Morgan fingerprint density at radius 2 is 2.17 bits per heavy atom. The summed E-state index contributed by atoms with van der Waals surface area (Å²) < 4.78 is 11.7. The van der Waals surface area contributed by atoms with Gasteiger partial charge in [-0.1, -0.05) is 0 Å². The highest BCUT2D eigenvalue weighted by Crippen LogP contribution is 2.27. The number of halogens is 1. The lowest BCUT2D eigenvalue weighted by Crippen LogP contribution is -2.00. The first-order valence-electron chi connectivity index (χ1n) is 5.60. The summed E-state index contributed by atoms with van der Waals surface area (Å²) in [6.45, 7) is 4.39. The Bertz CT molecular complexity index is 532. The number of anilines is 1. The molecule has 1 aromatic carbocycles. The van der Waals surface area contributed by atoms with Gasteiger partial charge in [-0.15, -0.1) is 0 Å². The Labute approximate surface area is 114 Å². The van der Waals surface area contributed by atoms with Gasteiger partial charge < -0.3 is 14.5 Å². The molecule has 0 spiro atoms. The van der Waals surface area contributed by atoms with Crippen molar-refractivity contribution in [2.75, 3.05) is 12.4 Å². The van der Waals surface area contributed by atoms with E-state index < -0.39 is 0 Å². The van der Waals surface area contributed by atoms with Gasteiger partial charge in [0.1, 0.15) is 11.5 Å². The van der Waals surface area contributed by atoms with Crippen molar-refractivity contribution < 1.29 is 9.15 Å². The zero-order chi connectivity index (χ0) is 13.1. The fourth-order valence-electron chi connectivity index (χ4n) is 1.55. The quantitative estimate of drug-likeness (QED) is 0.936. The van der Waals surface area contributed by atoms with Crippen LogP contribution in [0, 0.1) is 13.8 Å². The minimum atomic E-state index is 0.542. The number of nitrogens with zero attached hydrogens (tertiary/aromatic N) is 1. The van der Waals surface area contributed by atoms with E-state index in [9.17, 15) is 0 Å². The number of rotatable bonds is 4. The fraction of sp³-hybridized carbons (Fsp3) is 0.308.